The third-order valence-corrected chi connectivity index (χ3v) is 6.59. The van der Waals surface area contributed by atoms with E-state index < -0.39 is 0 Å². The monoisotopic (exact) mass is 295 g/mol. The highest BCUT2D eigenvalue weighted by Crippen LogP contribution is 2.63. The van der Waals surface area contributed by atoms with Crippen molar-refractivity contribution in [3.63, 3.8) is 0 Å². The van der Waals surface area contributed by atoms with Crippen LogP contribution in [-0.4, -0.2) is 36.5 Å². The van der Waals surface area contributed by atoms with Gasteiger partial charge in [-0.2, -0.15) is 0 Å². The van der Waals surface area contributed by atoms with E-state index in [0.29, 0.717) is 30.7 Å². The minimum atomic E-state index is -0.371. The van der Waals surface area contributed by atoms with Gasteiger partial charge in [-0.1, -0.05) is 33.6 Å². The van der Waals surface area contributed by atoms with Gasteiger partial charge in [0.2, 0.25) is 0 Å². The lowest BCUT2D eigenvalue weighted by Gasteiger charge is -2.42. The number of hydrogen-bond acceptors (Lipinski definition) is 3. The van der Waals surface area contributed by atoms with Crippen LogP contribution in [0.3, 0.4) is 0 Å². The average Bonchev–Trinajstić information content (AvgIpc) is 3.09. The van der Waals surface area contributed by atoms with Crippen molar-refractivity contribution in [3.05, 3.63) is 0 Å². The van der Waals surface area contributed by atoms with Crippen molar-refractivity contribution in [1.29, 1.82) is 0 Å². The van der Waals surface area contributed by atoms with Crippen LogP contribution in [0.5, 0.6) is 0 Å². The Morgan fingerprint density at radius 3 is 2.52 bits per heavy atom. The van der Waals surface area contributed by atoms with Crippen LogP contribution in [0.25, 0.3) is 0 Å². The van der Waals surface area contributed by atoms with Crippen molar-refractivity contribution >= 4 is 0 Å². The molecule has 0 aromatic carbocycles. The first kappa shape index (κ1) is 15.8. The van der Waals surface area contributed by atoms with Gasteiger partial charge >= 0.3 is 0 Å². The van der Waals surface area contributed by atoms with Crippen LogP contribution >= 0.6 is 0 Å². The summed E-state index contributed by atoms with van der Waals surface area (Å²) in [7, 11) is 0. The van der Waals surface area contributed by atoms with Gasteiger partial charge in [0.05, 0.1) is 18.8 Å². The maximum absolute atomic E-state index is 10.2. The second-order valence-electron chi connectivity index (χ2n) is 8.67. The molecule has 2 N–H and O–H groups in total. The number of hydrogen-bond donors (Lipinski definition) is 2. The highest BCUT2D eigenvalue weighted by molar-refractivity contribution is 5.09. The summed E-state index contributed by atoms with van der Waals surface area (Å²) in [4.78, 5) is 0. The summed E-state index contributed by atoms with van der Waals surface area (Å²) >= 11 is 0. The van der Waals surface area contributed by atoms with Crippen LogP contribution in [0.4, 0.5) is 0 Å². The van der Waals surface area contributed by atoms with E-state index in [0.717, 1.165) is 5.92 Å². The van der Waals surface area contributed by atoms with Crippen LogP contribution in [0.2, 0.25) is 0 Å². The topological polar surface area (TPSA) is 41.5 Å². The molecule has 0 aromatic heterocycles. The van der Waals surface area contributed by atoms with Crippen molar-refractivity contribution in [2.24, 2.45) is 16.7 Å². The average molecular weight is 295 g/mol. The van der Waals surface area contributed by atoms with Crippen LogP contribution in [0.1, 0.15) is 65.7 Å². The molecule has 3 heteroatoms. The molecule has 0 aliphatic heterocycles. The molecule has 2 bridgehead atoms. The first-order valence-corrected chi connectivity index (χ1v) is 8.95. The molecular formula is C18H33NO2. The van der Waals surface area contributed by atoms with Crippen molar-refractivity contribution < 1.29 is 9.84 Å². The van der Waals surface area contributed by atoms with Gasteiger partial charge in [-0.3, -0.25) is 0 Å². The Kier molecular flexibility index (Phi) is 4.37. The highest BCUT2D eigenvalue weighted by Gasteiger charge is 2.60. The summed E-state index contributed by atoms with van der Waals surface area (Å²) < 4.78 is 6.24. The van der Waals surface area contributed by atoms with E-state index in [2.05, 4.69) is 26.1 Å². The minimum absolute atomic E-state index is 0.269. The Bertz CT molecular complexity index is 359. The summed E-state index contributed by atoms with van der Waals surface area (Å²) in [5.41, 5.74) is 0.609. The molecule has 21 heavy (non-hydrogen) atoms. The second kappa shape index (κ2) is 5.82. The maximum Gasteiger partial charge on any atom is 0.0897 e. The summed E-state index contributed by atoms with van der Waals surface area (Å²) in [5.74, 6) is 0.807. The fourth-order valence-electron chi connectivity index (χ4n) is 5.37. The second-order valence-corrected chi connectivity index (χ2v) is 8.67. The Morgan fingerprint density at radius 2 is 1.90 bits per heavy atom. The quantitative estimate of drug-likeness (QED) is 0.791. The number of ether oxygens (including phenoxy) is 1. The van der Waals surface area contributed by atoms with Crippen LogP contribution in [0.15, 0.2) is 0 Å². The van der Waals surface area contributed by atoms with Gasteiger partial charge < -0.3 is 15.2 Å². The fraction of sp³-hybridized carbons (Fsp3) is 1.00. The van der Waals surface area contributed by atoms with E-state index in [9.17, 15) is 5.11 Å². The molecule has 3 nitrogen and oxygen atoms in total. The van der Waals surface area contributed by atoms with E-state index >= 15 is 0 Å². The smallest absolute Gasteiger partial charge is 0.0897 e. The minimum Gasteiger partial charge on any atom is -0.389 e. The van der Waals surface area contributed by atoms with Crippen molar-refractivity contribution in [2.75, 3.05) is 13.2 Å². The summed E-state index contributed by atoms with van der Waals surface area (Å²) in [5, 5.41) is 13.7. The molecule has 4 atom stereocenters. The molecule has 0 heterocycles. The largest absolute Gasteiger partial charge is 0.389 e. The number of nitrogens with one attached hydrogen (secondary N) is 1. The molecule has 3 aliphatic carbocycles. The molecule has 0 spiro atoms. The Hall–Kier alpha value is -0.120. The Labute approximate surface area is 129 Å². The highest BCUT2D eigenvalue weighted by atomic mass is 16.5. The van der Waals surface area contributed by atoms with Gasteiger partial charge in [-0.25, -0.2) is 0 Å². The first-order valence-electron chi connectivity index (χ1n) is 8.95. The molecule has 3 rings (SSSR count). The summed E-state index contributed by atoms with van der Waals surface area (Å²) in [6.07, 6.45) is 9.10. The molecule has 3 aliphatic rings. The lowest BCUT2D eigenvalue weighted by molar-refractivity contribution is -0.110. The number of fused-ring (bicyclic) bond motifs is 2. The zero-order valence-electron chi connectivity index (χ0n) is 14.0. The van der Waals surface area contributed by atoms with Crippen molar-refractivity contribution in [1.82, 2.24) is 5.32 Å². The summed E-state index contributed by atoms with van der Waals surface area (Å²) in [6, 6.07) is 0.621. The van der Waals surface area contributed by atoms with Gasteiger partial charge in [0.25, 0.3) is 0 Å². The molecule has 0 unspecified atom stereocenters. The van der Waals surface area contributed by atoms with Gasteiger partial charge in [0.1, 0.15) is 0 Å². The lowest BCUT2D eigenvalue weighted by atomic mass is 9.70. The molecule has 0 saturated heterocycles. The standard InChI is InChI=1S/C18H33NO2/c1-17(2)13-8-9-18(3,10-13)16(17)21-12-15(20)11-19-14-6-4-5-7-14/h13-16,19-20H,4-12H2,1-3H3/t13-,15-,16-,18+/m0/s1. The molecule has 122 valence electrons. The number of rotatable bonds is 6. The summed E-state index contributed by atoms with van der Waals surface area (Å²) in [6.45, 7) is 8.26. The maximum atomic E-state index is 10.2. The van der Waals surface area contributed by atoms with Gasteiger partial charge in [0.15, 0.2) is 0 Å². The number of aliphatic hydroxyl groups is 1. The SMILES string of the molecule is CC1(C)[C@H]2CC[C@](C)(C2)[C@H]1OC[C@@H](O)CNC1CCCC1. The predicted octanol–water partition coefficient (Wildman–Crippen LogP) is 3.11. The molecule has 3 saturated carbocycles. The normalized spacial score (nSPS) is 40.0. The molecular weight excluding hydrogens is 262 g/mol. The third kappa shape index (κ3) is 3.02. The van der Waals surface area contributed by atoms with E-state index in [1.54, 1.807) is 0 Å². The van der Waals surface area contributed by atoms with Crippen molar-refractivity contribution in [3.8, 4) is 0 Å². The van der Waals surface area contributed by atoms with Crippen LogP contribution in [-0.2, 0) is 4.74 Å². The Balaban J connectivity index is 1.46. The van der Waals surface area contributed by atoms with Gasteiger partial charge in [-0.05, 0) is 48.9 Å². The van der Waals surface area contributed by atoms with E-state index in [1.165, 1.54) is 44.9 Å². The molecule has 3 fully saturated rings. The van der Waals surface area contributed by atoms with Crippen LogP contribution < -0.4 is 5.32 Å². The van der Waals surface area contributed by atoms with E-state index in [1.807, 2.05) is 0 Å². The fourth-order valence-corrected chi connectivity index (χ4v) is 5.37. The van der Waals surface area contributed by atoms with E-state index in [-0.39, 0.29) is 11.5 Å². The number of aliphatic hydroxyl groups excluding tert-OH is 1. The van der Waals surface area contributed by atoms with E-state index in [4.69, 9.17) is 4.74 Å². The first-order chi connectivity index (χ1) is 9.92. The molecule has 0 radical (unpaired) electrons. The van der Waals surface area contributed by atoms with Crippen LogP contribution in [0, 0.1) is 16.7 Å². The molecule has 0 amide bonds. The zero-order chi connectivity index (χ0) is 15.1. The lowest BCUT2D eigenvalue weighted by Crippen LogP contribution is -2.45. The van der Waals surface area contributed by atoms with Gasteiger partial charge in [0, 0.05) is 12.6 Å². The van der Waals surface area contributed by atoms with Crippen molar-refractivity contribution in [2.45, 2.75) is 84.0 Å². The molecule has 0 aromatic rings. The predicted molar refractivity (Wildman–Crippen MR) is 85.2 cm³/mol. The third-order valence-electron chi connectivity index (χ3n) is 6.59. The van der Waals surface area contributed by atoms with Gasteiger partial charge in [-0.15, -0.1) is 0 Å². The zero-order valence-corrected chi connectivity index (χ0v) is 14.0. The Morgan fingerprint density at radius 1 is 1.19 bits per heavy atom.